The normalized spacial score (nSPS) is 16.5. The fraction of sp³-hybridized carbons (Fsp3) is 0.316. The van der Waals surface area contributed by atoms with Gasteiger partial charge < -0.3 is 10.2 Å². The molecular weight excluding hydrogens is 414 g/mol. The topological polar surface area (TPSA) is 104 Å². The lowest BCUT2D eigenvalue weighted by atomic mass is 10.2. The monoisotopic (exact) mass is 437 g/mol. The predicted molar refractivity (Wildman–Crippen MR) is 110 cm³/mol. The van der Waals surface area contributed by atoms with Gasteiger partial charge in [0.25, 0.3) is 5.91 Å². The number of hydrogen-bond donors (Lipinski definition) is 1. The predicted octanol–water partition coefficient (Wildman–Crippen LogP) is 1.28. The number of benzene rings is 2. The van der Waals surface area contributed by atoms with Gasteiger partial charge in [0.15, 0.2) is 9.84 Å². The molecule has 3 rings (SSSR count). The minimum absolute atomic E-state index is 0.00503. The van der Waals surface area contributed by atoms with Gasteiger partial charge in [0.05, 0.1) is 15.5 Å². The number of sulfone groups is 1. The molecule has 1 amide bonds. The summed E-state index contributed by atoms with van der Waals surface area (Å²) in [6.45, 7) is 2.05. The number of rotatable bonds is 5. The van der Waals surface area contributed by atoms with Gasteiger partial charge in [-0.25, -0.2) is 16.8 Å². The van der Waals surface area contributed by atoms with Gasteiger partial charge in [0.2, 0.25) is 10.0 Å². The summed E-state index contributed by atoms with van der Waals surface area (Å²) in [6, 6.07) is 11.8. The number of likely N-dealkylation sites (N-methyl/N-ethyl adjacent to an activating group) is 1. The lowest BCUT2D eigenvalue weighted by molar-refractivity contribution is 0.102. The zero-order valence-corrected chi connectivity index (χ0v) is 17.8. The summed E-state index contributed by atoms with van der Waals surface area (Å²) in [5.41, 5.74) is 0.274. The number of piperazine rings is 1. The Balaban J connectivity index is 1.86. The van der Waals surface area contributed by atoms with Crippen LogP contribution in [0.25, 0.3) is 0 Å². The fourth-order valence-electron chi connectivity index (χ4n) is 3.06. The molecule has 1 aliphatic rings. The molecule has 156 valence electrons. The maximum Gasteiger partial charge on any atom is 0.255 e. The molecule has 0 aromatic heterocycles. The van der Waals surface area contributed by atoms with Gasteiger partial charge in [-0.1, -0.05) is 18.2 Å². The van der Waals surface area contributed by atoms with Crippen molar-refractivity contribution in [2.24, 2.45) is 0 Å². The minimum Gasteiger partial charge on any atom is -0.321 e. The molecule has 0 unspecified atom stereocenters. The highest BCUT2D eigenvalue weighted by Crippen LogP contribution is 2.23. The summed E-state index contributed by atoms with van der Waals surface area (Å²) in [7, 11) is -5.31. The van der Waals surface area contributed by atoms with Crippen LogP contribution in [-0.2, 0) is 19.9 Å². The highest BCUT2D eigenvalue weighted by atomic mass is 32.2. The molecule has 2 aromatic rings. The molecule has 0 bridgehead atoms. The van der Waals surface area contributed by atoms with E-state index in [1.807, 2.05) is 7.05 Å². The van der Waals surface area contributed by atoms with E-state index in [9.17, 15) is 21.6 Å². The number of hydrogen-bond acceptors (Lipinski definition) is 6. The Labute approximate surface area is 171 Å². The second-order valence-corrected chi connectivity index (χ2v) is 10.9. The Bertz CT molecular complexity index is 1120. The lowest BCUT2D eigenvalue weighted by Crippen LogP contribution is -2.47. The summed E-state index contributed by atoms with van der Waals surface area (Å²) < 4.78 is 51.1. The van der Waals surface area contributed by atoms with Crippen LogP contribution in [0, 0.1) is 0 Å². The lowest BCUT2D eigenvalue weighted by Gasteiger charge is -2.31. The summed E-state index contributed by atoms with van der Waals surface area (Å²) in [5.74, 6) is -0.587. The van der Waals surface area contributed by atoms with Gasteiger partial charge in [-0.3, -0.25) is 4.79 Å². The zero-order valence-electron chi connectivity index (χ0n) is 16.2. The van der Waals surface area contributed by atoms with Crippen LogP contribution in [0.15, 0.2) is 58.3 Å². The Morgan fingerprint density at radius 2 is 1.59 bits per heavy atom. The average molecular weight is 438 g/mol. The quantitative estimate of drug-likeness (QED) is 0.756. The number of sulfonamides is 1. The minimum atomic E-state index is -3.71. The van der Waals surface area contributed by atoms with E-state index in [1.165, 1.54) is 40.7 Å². The van der Waals surface area contributed by atoms with Gasteiger partial charge in [0, 0.05) is 38.0 Å². The smallest absolute Gasteiger partial charge is 0.255 e. The largest absolute Gasteiger partial charge is 0.321 e. The second-order valence-electron chi connectivity index (χ2n) is 6.96. The molecule has 1 saturated heterocycles. The molecule has 1 heterocycles. The second kappa shape index (κ2) is 8.23. The van der Waals surface area contributed by atoms with Crippen molar-refractivity contribution in [3.05, 3.63) is 54.1 Å². The SMILES string of the molecule is CN1CCN(S(=O)(=O)c2cccc(C(=O)Nc3ccccc3S(C)(=O)=O)c2)CC1. The van der Waals surface area contributed by atoms with E-state index in [4.69, 9.17) is 0 Å². The van der Waals surface area contributed by atoms with Gasteiger partial charge in [-0.05, 0) is 37.4 Å². The van der Waals surface area contributed by atoms with E-state index in [2.05, 4.69) is 10.2 Å². The molecule has 1 aliphatic heterocycles. The third-order valence-corrected chi connectivity index (χ3v) is 7.78. The summed E-state index contributed by atoms with van der Waals surface area (Å²) in [4.78, 5) is 14.7. The van der Waals surface area contributed by atoms with Gasteiger partial charge >= 0.3 is 0 Å². The molecule has 0 spiro atoms. The van der Waals surface area contributed by atoms with Crippen molar-refractivity contribution in [2.75, 3.05) is 44.8 Å². The molecule has 8 nitrogen and oxygen atoms in total. The van der Waals surface area contributed by atoms with Crippen LogP contribution >= 0.6 is 0 Å². The molecule has 1 N–H and O–H groups in total. The van der Waals surface area contributed by atoms with Crippen molar-refractivity contribution in [3.8, 4) is 0 Å². The molecule has 0 atom stereocenters. The number of nitrogens with one attached hydrogen (secondary N) is 1. The molecular formula is C19H23N3O5S2. The summed E-state index contributed by atoms with van der Waals surface area (Å²) in [6.07, 6.45) is 1.06. The third-order valence-electron chi connectivity index (χ3n) is 4.73. The third kappa shape index (κ3) is 4.84. The summed E-state index contributed by atoms with van der Waals surface area (Å²) >= 11 is 0. The Morgan fingerprint density at radius 1 is 0.931 bits per heavy atom. The highest BCUT2D eigenvalue weighted by Gasteiger charge is 2.28. The molecule has 2 aromatic carbocycles. The highest BCUT2D eigenvalue weighted by molar-refractivity contribution is 7.91. The molecule has 0 radical (unpaired) electrons. The molecule has 0 aliphatic carbocycles. The van der Waals surface area contributed by atoms with Crippen LogP contribution in [0.2, 0.25) is 0 Å². The first-order valence-electron chi connectivity index (χ1n) is 8.98. The van der Waals surface area contributed by atoms with Crippen molar-refractivity contribution in [1.82, 2.24) is 9.21 Å². The Morgan fingerprint density at radius 3 is 2.24 bits per heavy atom. The maximum atomic E-state index is 12.9. The number of para-hydroxylation sites is 1. The van der Waals surface area contributed by atoms with Gasteiger partial charge in [-0.15, -0.1) is 0 Å². The van der Waals surface area contributed by atoms with E-state index in [0.717, 1.165) is 6.26 Å². The number of carbonyl (C=O) groups is 1. The molecule has 1 fully saturated rings. The van der Waals surface area contributed by atoms with E-state index in [-0.39, 0.29) is 21.0 Å². The van der Waals surface area contributed by atoms with Crippen LogP contribution in [0.4, 0.5) is 5.69 Å². The standard InChI is InChI=1S/C19H23N3O5S2/c1-21-10-12-22(13-11-21)29(26,27)16-7-5-6-15(14-16)19(23)20-17-8-3-4-9-18(17)28(2,24)25/h3-9,14H,10-13H2,1-2H3,(H,20,23). The Hall–Kier alpha value is -2.27. The number of anilines is 1. The first-order chi connectivity index (χ1) is 13.6. The fourth-order valence-corrected chi connectivity index (χ4v) is 5.38. The van der Waals surface area contributed by atoms with Crippen molar-refractivity contribution in [1.29, 1.82) is 0 Å². The van der Waals surface area contributed by atoms with Crippen molar-refractivity contribution < 1.29 is 21.6 Å². The number of carbonyl (C=O) groups excluding carboxylic acids is 1. The first kappa shape index (κ1) is 21.4. The Kier molecular flexibility index (Phi) is 6.08. The van der Waals surface area contributed by atoms with E-state index >= 15 is 0 Å². The van der Waals surface area contributed by atoms with Crippen molar-refractivity contribution in [3.63, 3.8) is 0 Å². The van der Waals surface area contributed by atoms with E-state index < -0.39 is 25.8 Å². The number of amides is 1. The summed E-state index contributed by atoms with van der Waals surface area (Å²) in [5, 5.41) is 2.56. The van der Waals surface area contributed by atoms with Crippen LogP contribution in [0.3, 0.4) is 0 Å². The van der Waals surface area contributed by atoms with Gasteiger partial charge in [-0.2, -0.15) is 4.31 Å². The van der Waals surface area contributed by atoms with Crippen LogP contribution in [0.5, 0.6) is 0 Å². The number of nitrogens with zero attached hydrogens (tertiary/aromatic N) is 2. The maximum absolute atomic E-state index is 12.9. The molecule has 10 heteroatoms. The van der Waals surface area contributed by atoms with Crippen LogP contribution in [-0.4, -0.2) is 71.4 Å². The molecule has 29 heavy (non-hydrogen) atoms. The van der Waals surface area contributed by atoms with E-state index in [0.29, 0.717) is 26.2 Å². The van der Waals surface area contributed by atoms with E-state index in [1.54, 1.807) is 12.1 Å². The molecule has 0 saturated carbocycles. The van der Waals surface area contributed by atoms with Crippen LogP contribution < -0.4 is 5.32 Å². The van der Waals surface area contributed by atoms with Crippen molar-refractivity contribution in [2.45, 2.75) is 9.79 Å². The van der Waals surface area contributed by atoms with Gasteiger partial charge in [0.1, 0.15) is 0 Å². The average Bonchev–Trinajstić information content (AvgIpc) is 2.68. The first-order valence-corrected chi connectivity index (χ1v) is 12.3. The van der Waals surface area contributed by atoms with Crippen LogP contribution in [0.1, 0.15) is 10.4 Å². The van der Waals surface area contributed by atoms with Crippen molar-refractivity contribution >= 4 is 31.5 Å². The zero-order chi connectivity index (χ0) is 21.2.